The first-order valence-corrected chi connectivity index (χ1v) is 9.07. The van der Waals surface area contributed by atoms with Crippen molar-refractivity contribution in [2.45, 2.75) is 13.0 Å². The van der Waals surface area contributed by atoms with Crippen molar-refractivity contribution in [3.05, 3.63) is 88.6 Å². The molecule has 4 aromatic rings. The smallest absolute Gasteiger partial charge is 0.263 e. The zero-order valence-corrected chi connectivity index (χ0v) is 15.7. The second-order valence-electron chi connectivity index (χ2n) is 6.60. The van der Waals surface area contributed by atoms with Gasteiger partial charge in [-0.3, -0.25) is 9.20 Å². The molecule has 0 saturated heterocycles. The lowest BCUT2D eigenvalue weighted by molar-refractivity contribution is 0.866. The van der Waals surface area contributed by atoms with Crippen LogP contribution in [0.3, 0.4) is 0 Å². The van der Waals surface area contributed by atoms with Crippen LogP contribution in [-0.2, 0) is 0 Å². The monoisotopic (exact) mass is 382 g/mol. The SMILES string of the molecule is C[C@@H](Nc1ncnc(N)c1C#N)c1cc2ccccn2c(=O)c1-c1ccccc1. The molecule has 7 heteroatoms. The Hall–Kier alpha value is -4.18. The van der Waals surface area contributed by atoms with E-state index in [4.69, 9.17) is 5.73 Å². The third-order valence-electron chi connectivity index (χ3n) is 4.79. The van der Waals surface area contributed by atoms with Gasteiger partial charge in [0.15, 0.2) is 0 Å². The molecule has 0 saturated carbocycles. The Bertz CT molecular complexity index is 1290. The second-order valence-corrected chi connectivity index (χ2v) is 6.60. The predicted octanol–water partition coefficient (Wildman–Crippen LogP) is 3.38. The standard InChI is InChI=1S/C22H18N6O/c1-14(27-21-18(12-23)20(24)25-13-26-21)17-11-16-9-5-6-10-28(16)22(29)19(17)15-7-3-2-4-8-15/h2-11,13-14H,1H3,(H3,24,25,26,27)/t14-/m1/s1. The molecule has 0 aliphatic heterocycles. The summed E-state index contributed by atoms with van der Waals surface area (Å²) >= 11 is 0. The van der Waals surface area contributed by atoms with E-state index in [0.29, 0.717) is 11.4 Å². The van der Waals surface area contributed by atoms with Gasteiger partial charge in [-0.1, -0.05) is 36.4 Å². The van der Waals surface area contributed by atoms with Gasteiger partial charge in [-0.05, 0) is 36.2 Å². The van der Waals surface area contributed by atoms with Crippen LogP contribution in [0.5, 0.6) is 0 Å². The largest absolute Gasteiger partial charge is 0.382 e. The summed E-state index contributed by atoms with van der Waals surface area (Å²) in [5, 5.41) is 12.6. The first kappa shape index (κ1) is 18.2. The van der Waals surface area contributed by atoms with Crippen LogP contribution in [0.1, 0.15) is 24.1 Å². The second kappa shape index (κ2) is 7.44. The maximum absolute atomic E-state index is 13.3. The van der Waals surface area contributed by atoms with E-state index in [2.05, 4.69) is 15.3 Å². The molecule has 0 aliphatic carbocycles. The summed E-state index contributed by atoms with van der Waals surface area (Å²) in [6, 6.07) is 18.8. The van der Waals surface area contributed by atoms with Crippen LogP contribution >= 0.6 is 0 Å². The lowest BCUT2D eigenvalue weighted by atomic mass is 9.96. The number of nitrogens with one attached hydrogen (secondary N) is 1. The van der Waals surface area contributed by atoms with E-state index in [9.17, 15) is 10.1 Å². The topological polar surface area (TPSA) is 109 Å². The van der Waals surface area contributed by atoms with Crippen molar-refractivity contribution in [2.75, 3.05) is 11.1 Å². The molecule has 3 N–H and O–H groups in total. The Balaban J connectivity index is 1.90. The third kappa shape index (κ3) is 3.28. The van der Waals surface area contributed by atoms with Gasteiger partial charge in [-0.2, -0.15) is 5.26 Å². The van der Waals surface area contributed by atoms with E-state index < -0.39 is 0 Å². The van der Waals surface area contributed by atoms with Crippen molar-refractivity contribution in [2.24, 2.45) is 0 Å². The molecule has 29 heavy (non-hydrogen) atoms. The van der Waals surface area contributed by atoms with Crippen LogP contribution in [-0.4, -0.2) is 14.4 Å². The van der Waals surface area contributed by atoms with E-state index in [-0.39, 0.29) is 23.0 Å². The van der Waals surface area contributed by atoms with Crippen LogP contribution in [0.25, 0.3) is 16.6 Å². The van der Waals surface area contributed by atoms with E-state index in [1.165, 1.54) is 6.33 Å². The molecule has 1 aromatic carbocycles. The highest BCUT2D eigenvalue weighted by Gasteiger charge is 2.19. The molecule has 7 nitrogen and oxygen atoms in total. The van der Waals surface area contributed by atoms with Gasteiger partial charge in [0.1, 0.15) is 29.6 Å². The molecule has 142 valence electrons. The fourth-order valence-electron chi connectivity index (χ4n) is 3.37. The Labute approximate surface area is 167 Å². The number of fused-ring (bicyclic) bond motifs is 1. The van der Waals surface area contributed by atoms with Crippen molar-refractivity contribution in [3.8, 4) is 17.2 Å². The van der Waals surface area contributed by atoms with Crippen LogP contribution in [0.2, 0.25) is 0 Å². The summed E-state index contributed by atoms with van der Waals surface area (Å²) in [6.45, 7) is 1.92. The molecular formula is C22H18N6O. The van der Waals surface area contributed by atoms with E-state index in [1.807, 2.05) is 67.6 Å². The fraction of sp³-hybridized carbons (Fsp3) is 0.0909. The van der Waals surface area contributed by atoms with Gasteiger partial charge in [0.05, 0.1) is 11.6 Å². The Morgan fingerprint density at radius 2 is 1.90 bits per heavy atom. The van der Waals surface area contributed by atoms with E-state index in [1.54, 1.807) is 10.6 Å². The van der Waals surface area contributed by atoms with Crippen LogP contribution < -0.4 is 16.6 Å². The van der Waals surface area contributed by atoms with Crippen LogP contribution in [0, 0.1) is 11.3 Å². The first-order chi connectivity index (χ1) is 14.1. The molecule has 3 heterocycles. The summed E-state index contributed by atoms with van der Waals surface area (Å²) in [5.41, 5.74) is 8.86. The molecule has 3 aromatic heterocycles. The molecule has 0 bridgehead atoms. The number of hydrogen-bond acceptors (Lipinski definition) is 6. The number of nitrogen functional groups attached to an aromatic ring is 1. The van der Waals surface area contributed by atoms with Gasteiger partial charge in [0, 0.05) is 11.7 Å². The highest BCUT2D eigenvalue weighted by atomic mass is 16.1. The number of pyridine rings is 2. The number of benzene rings is 1. The average Bonchev–Trinajstić information content (AvgIpc) is 2.74. The molecule has 4 rings (SSSR count). The quantitative estimate of drug-likeness (QED) is 0.560. The minimum Gasteiger partial charge on any atom is -0.382 e. The Kier molecular flexibility index (Phi) is 4.67. The zero-order valence-electron chi connectivity index (χ0n) is 15.7. The van der Waals surface area contributed by atoms with Gasteiger partial charge < -0.3 is 11.1 Å². The molecule has 0 spiro atoms. The van der Waals surface area contributed by atoms with Crippen molar-refractivity contribution >= 4 is 17.2 Å². The summed E-state index contributed by atoms with van der Waals surface area (Å²) in [4.78, 5) is 21.3. The average molecular weight is 382 g/mol. The Morgan fingerprint density at radius 3 is 2.66 bits per heavy atom. The highest BCUT2D eigenvalue weighted by molar-refractivity contribution is 5.72. The van der Waals surface area contributed by atoms with E-state index >= 15 is 0 Å². The molecule has 0 unspecified atom stereocenters. The van der Waals surface area contributed by atoms with Gasteiger partial charge in [0.2, 0.25) is 0 Å². The van der Waals surface area contributed by atoms with Gasteiger partial charge in [-0.15, -0.1) is 0 Å². The number of nitrogens with zero attached hydrogens (tertiary/aromatic N) is 4. The van der Waals surface area contributed by atoms with Crippen molar-refractivity contribution in [1.82, 2.24) is 14.4 Å². The first-order valence-electron chi connectivity index (χ1n) is 9.07. The number of nitriles is 1. The summed E-state index contributed by atoms with van der Waals surface area (Å²) < 4.78 is 1.63. The summed E-state index contributed by atoms with van der Waals surface area (Å²) in [7, 11) is 0. The maximum Gasteiger partial charge on any atom is 0.263 e. The van der Waals surface area contributed by atoms with E-state index in [0.717, 1.165) is 16.6 Å². The molecule has 0 fully saturated rings. The van der Waals surface area contributed by atoms with Crippen LogP contribution in [0.15, 0.2) is 71.9 Å². The number of hydrogen-bond donors (Lipinski definition) is 2. The Morgan fingerprint density at radius 1 is 1.14 bits per heavy atom. The van der Waals surface area contributed by atoms with Gasteiger partial charge in [-0.25, -0.2) is 9.97 Å². The fourth-order valence-corrected chi connectivity index (χ4v) is 3.37. The number of nitrogens with two attached hydrogens (primary N) is 1. The highest BCUT2D eigenvalue weighted by Crippen LogP contribution is 2.29. The normalized spacial score (nSPS) is 11.7. The lowest BCUT2D eigenvalue weighted by Gasteiger charge is -2.20. The minimum atomic E-state index is -0.315. The molecule has 1 atom stereocenters. The molecular weight excluding hydrogens is 364 g/mol. The maximum atomic E-state index is 13.3. The summed E-state index contributed by atoms with van der Waals surface area (Å²) in [6.07, 6.45) is 3.06. The van der Waals surface area contributed by atoms with Crippen molar-refractivity contribution < 1.29 is 0 Å². The number of rotatable bonds is 4. The van der Waals surface area contributed by atoms with Crippen molar-refractivity contribution in [3.63, 3.8) is 0 Å². The minimum absolute atomic E-state index is 0.110. The molecule has 0 amide bonds. The zero-order chi connectivity index (χ0) is 20.4. The summed E-state index contributed by atoms with van der Waals surface area (Å²) in [5.74, 6) is 0.443. The number of anilines is 2. The molecule has 0 aliphatic rings. The van der Waals surface area contributed by atoms with Gasteiger partial charge in [0.25, 0.3) is 5.56 Å². The van der Waals surface area contributed by atoms with Gasteiger partial charge >= 0.3 is 0 Å². The predicted molar refractivity (Wildman–Crippen MR) is 112 cm³/mol. The van der Waals surface area contributed by atoms with Crippen LogP contribution in [0.4, 0.5) is 11.6 Å². The van der Waals surface area contributed by atoms with Crippen molar-refractivity contribution in [1.29, 1.82) is 5.26 Å². The lowest BCUT2D eigenvalue weighted by Crippen LogP contribution is -2.21. The third-order valence-corrected chi connectivity index (χ3v) is 4.79. The number of aromatic nitrogens is 3. The molecule has 0 radical (unpaired) electrons.